The molecule has 2 N–H and O–H groups in total. The number of non-ortho nitro benzene ring substituents is 1. The van der Waals surface area contributed by atoms with Gasteiger partial charge in [-0.05, 0) is 11.6 Å². The molecule has 0 radical (unpaired) electrons. The Morgan fingerprint density at radius 1 is 1.58 bits per heavy atom. The molecule has 0 aliphatic carbocycles. The molecule has 1 aromatic rings. The van der Waals surface area contributed by atoms with E-state index in [0.29, 0.717) is 10.6 Å². The van der Waals surface area contributed by atoms with Gasteiger partial charge in [0, 0.05) is 18.7 Å². The average Bonchev–Trinajstić information content (AvgIpc) is 2.04. The maximum atomic E-state index is 10.3. The highest BCUT2D eigenvalue weighted by Gasteiger charge is 2.07. The smallest absolute Gasteiger partial charge is 0.270 e. The van der Waals surface area contributed by atoms with Crippen molar-refractivity contribution in [3.05, 3.63) is 38.9 Å². The van der Waals surface area contributed by atoms with Crippen molar-refractivity contribution in [1.82, 2.24) is 0 Å². The molecule has 0 amide bonds. The molecular formula is C7H7ClN2O2. The number of rotatable bonds is 2. The molecular weight excluding hydrogens is 180 g/mol. The molecule has 0 aliphatic rings. The van der Waals surface area contributed by atoms with Crippen LogP contribution in [0, 0.1) is 10.1 Å². The number of benzene rings is 1. The summed E-state index contributed by atoms with van der Waals surface area (Å²) in [5, 5.41) is 10.6. The number of nitrogens with zero attached hydrogens (tertiary/aromatic N) is 1. The fraction of sp³-hybridized carbons (Fsp3) is 0.143. The summed E-state index contributed by atoms with van der Waals surface area (Å²) in [6, 6.07) is 4.23. The molecule has 0 spiro atoms. The average molecular weight is 187 g/mol. The number of nitro groups is 1. The third-order valence-electron chi connectivity index (χ3n) is 1.47. The van der Waals surface area contributed by atoms with Crippen molar-refractivity contribution >= 4 is 17.3 Å². The minimum absolute atomic E-state index is 0.0165. The molecule has 12 heavy (non-hydrogen) atoms. The standard InChI is InChI=1S/C7H7ClN2O2/c8-7-3-6(10(11)12)2-1-5(7)4-9/h1-3H,4,9H2. The number of hydrogen-bond acceptors (Lipinski definition) is 3. The number of halogens is 1. The molecule has 0 aromatic heterocycles. The summed E-state index contributed by atoms with van der Waals surface area (Å²) in [5.41, 5.74) is 6.02. The van der Waals surface area contributed by atoms with Crippen LogP contribution >= 0.6 is 11.6 Å². The quantitative estimate of drug-likeness (QED) is 0.565. The molecule has 0 saturated heterocycles. The molecule has 1 rings (SSSR count). The lowest BCUT2D eigenvalue weighted by Gasteiger charge is -1.98. The van der Waals surface area contributed by atoms with Gasteiger partial charge in [-0.3, -0.25) is 10.1 Å². The minimum Gasteiger partial charge on any atom is -0.326 e. The van der Waals surface area contributed by atoms with Crippen LogP contribution in [0.4, 0.5) is 5.69 Å². The maximum Gasteiger partial charge on any atom is 0.270 e. The van der Waals surface area contributed by atoms with E-state index < -0.39 is 4.92 Å². The molecule has 0 unspecified atom stereocenters. The zero-order valence-corrected chi connectivity index (χ0v) is 6.91. The predicted octanol–water partition coefficient (Wildman–Crippen LogP) is 1.71. The third-order valence-corrected chi connectivity index (χ3v) is 1.82. The van der Waals surface area contributed by atoms with E-state index in [2.05, 4.69) is 0 Å². The molecule has 4 nitrogen and oxygen atoms in total. The van der Waals surface area contributed by atoms with Gasteiger partial charge in [0.15, 0.2) is 0 Å². The number of nitrogens with two attached hydrogens (primary N) is 1. The topological polar surface area (TPSA) is 69.2 Å². The van der Waals surface area contributed by atoms with Crippen molar-refractivity contribution in [2.24, 2.45) is 5.73 Å². The van der Waals surface area contributed by atoms with Crippen molar-refractivity contribution in [3.8, 4) is 0 Å². The van der Waals surface area contributed by atoms with Gasteiger partial charge in [0.1, 0.15) is 0 Å². The summed E-state index contributed by atoms with van der Waals surface area (Å²) >= 11 is 5.69. The first-order chi connectivity index (χ1) is 5.65. The highest BCUT2D eigenvalue weighted by Crippen LogP contribution is 2.21. The Morgan fingerprint density at radius 2 is 2.25 bits per heavy atom. The van der Waals surface area contributed by atoms with Crippen molar-refractivity contribution in [3.63, 3.8) is 0 Å². The van der Waals surface area contributed by atoms with Crippen molar-refractivity contribution in [2.75, 3.05) is 0 Å². The lowest BCUT2D eigenvalue weighted by Crippen LogP contribution is -1.97. The van der Waals surface area contributed by atoms with Gasteiger partial charge in [0.2, 0.25) is 0 Å². The second-order valence-electron chi connectivity index (χ2n) is 2.24. The van der Waals surface area contributed by atoms with Crippen LogP contribution in [0.3, 0.4) is 0 Å². The summed E-state index contributed by atoms with van der Waals surface area (Å²) in [6.07, 6.45) is 0. The first kappa shape index (κ1) is 8.96. The van der Waals surface area contributed by atoms with Crippen LogP contribution in [0.2, 0.25) is 5.02 Å². The largest absolute Gasteiger partial charge is 0.326 e. The van der Waals surface area contributed by atoms with Gasteiger partial charge in [0.05, 0.1) is 9.95 Å². The molecule has 0 aliphatic heterocycles. The Kier molecular flexibility index (Phi) is 2.62. The van der Waals surface area contributed by atoms with Crippen LogP contribution in [-0.2, 0) is 6.54 Å². The predicted molar refractivity (Wildman–Crippen MR) is 46.0 cm³/mol. The van der Waals surface area contributed by atoms with Gasteiger partial charge in [-0.15, -0.1) is 0 Å². The van der Waals surface area contributed by atoms with Gasteiger partial charge < -0.3 is 5.73 Å². The molecule has 5 heteroatoms. The van der Waals surface area contributed by atoms with E-state index >= 15 is 0 Å². The third kappa shape index (κ3) is 1.72. The highest BCUT2D eigenvalue weighted by molar-refractivity contribution is 6.31. The van der Waals surface area contributed by atoms with Gasteiger partial charge in [-0.1, -0.05) is 11.6 Å². The van der Waals surface area contributed by atoms with E-state index in [-0.39, 0.29) is 12.2 Å². The van der Waals surface area contributed by atoms with E-state index in [4.69, 9.17) is 17.3 Å². The Hall–Kier alpha value is -1.13. The van der Waals surface area contributed by atoms with E-state index in [1.807, 2.05) is 0 Å². The minimum atomic E-state index is -0.494. The summed E-state index contributed by atoms with van der Waals surface area (Å²) in [6.45, 7) is 0.289. The molecule has 0 bridgehead atoms. The Morgan fingerprint density at radius 3 is 2.67 bits per heavy atom. The molecule has 0 atom stereocenters. The van der Waals surface area contributed by atoms with Gasteiger partial charge in [-0.2, -0.15) is 0 Å². The van der Waals surface area contributed by atoms with Crippen LogP contribution < -0.4 is 5.73 Å². The van der Waals surface area contributed by atoms with Crippen LogP contribution in [0.15, 0.2) is 18.2 Å². The Labute approximate surface area is 74.1 Å². The molecule has 64 valence electrons. The zero-order valence-electron chi connectivity index (χ0n) is 6.16. The van der Waals surface area contributed by atoms with Gasteiger partial charge >= 0.3 is 0 Å². The van der Waals surface area contributed by atoms with Crippen LogP contribution in [0.25, 0.3) is 0 Å². The summed E-state index contributed by atoms with van der Waals surface area (Å²) in [4.78, 5) is 9.77. The summed E-state index contributed by atoms with van der Waals surface area (Å²) < 4.78 is 0. The second-order valence-corrected chi connectivity index (χ2v) is 2.64. The molecule has 0 saturated carbocycles. The first-order valence-corrected chi connectivity index (χ1v) is 3.66. The fourth-order valence-corrected chi connectivity index (χ4v) is 1.07. The lowest BCUT2D eigenvalue weighted by molar-refractivity contribution is -0.384. The van der Waals surface area contributed by atoms with E-state index in [9.17, 15) is 10.1 Å². The van der Waals surface area contributed by atoms with Crippen molar-refractivity contribution in [2.45, 2.75) is 6.54 Å². The second kappa shape index (κ2) is 3.51. The number of nitro benzene ring substituents is 1. The normalized spacial score (nSPS) is 9.83. The van der Waals surface area contributed by atoms with E-state index in [1.54, 1.807) is 6.07 Å². The number of hydrogen-bond donors (Lipinski definition) is 1. The summed E-state index contributed by atoms with van der Waals surface area (Å²) in [7, 11) is 0. The molecule has 0 fully saturated rings. The van der Waals surface area contributed by atoms with Gasteiger partial charge in [-0.25, -0.2) is 0 Å². The molecule has 0 heterocycles. The Bertz CT molecular complexity index is 314. The van der Waals surface area contributed by atoms with Crippen molar-refractivity contribution < 1.29 is 4.92 Å². The SMILES string of the molecule is NCc1ccc([N+](=O)[O-])cc1Cl. The monoisotopic (exact) mass is 186 g/mol. The highest BCUT2D eigenvalue weighted by atomic mass is 35.5. The Balaban J connectivity index is 3.10. The maximum absolute atomic E-state index is 10.3. The first-order valence-electron chi connectivity index (χ1n) is 3.28. The van der Waals surface area contributed by atoms with Crippen LogP contribution in [-0.4, -0.2) is 4.92 Å². The lowest BCUT2D eigenvalue weighted by atomic mass is 10.2. The van der Waals surface area contributed by atoms with Gasteiger partial charge in [0.25, 0.3) is 5.69 Å². The van der Waals surface area contributed by atoms with Crippen LogP contribution in [0.1, 0.15) is 5.56 Å². The van der Waals surface area contributed by atoms with Crippen LogP contribution in [0.5, 0.6) is 0 Å². The zero-order chi connectivity index (χ0) is 9.14. The summed E-state index contributed by atoms with van der Waals surface area (Å²) in [5.74, 6) is 0. The van der Waals surface area contributed by atoms with Crippen molar-refractivity contribution in [1.29, 1.82) is 0 Å². The fourth-order valence-electron chi connectivity index (χ4n) is 0.815. The van der Waals surface area contributed by atoms with E-state index in [1.165, 1.54) is 12.1 Å². The molecule has 1 aromatic carbocycles. The van der Waals surface area contributed by atoms with E-state index in [0.717, 1.165) is 0 Å².